The number of hydrazine groups is 1. The van der Waals surface area contributed by atoms with Crippen molar-refractivity contribution in [3.8, 4) is 0 Å². The maximum absolute atomic E-state index is 11.9. The van der Waals surface area contributed by atoms with Crippen molar-refractivity contribution < 1.29 is 9.21 Å². The minimum absolute atomic E-state index is 0.175. The molecule has 0 aliphatic rings. The fourth-order valence-corrected chi connectivity index (χ4v) is 2.36. The summed E-state index contributed by atoms with van der Waals surface area (Å²) in [6, 6.07) is 9.22. The van der Waals surface area contributed by atoms with Crippen molar-refractivity contribution in [1.29, 1.82) is 0 Å². The molecule has 0 aliphatic heterocycles. The lowest BCUT2D eigenvalue weighted by molar-refractivity contribution is 0.0935. The summed E-state index contributed by atoms with van der Waals surface area (Å²) in [6.07, 6.45) is 2.77. The molecule has 0 bridgehead atoms. The minimum atomic E-state index is -0.438. The van der Waals surface area contributed by atoms with Crippen molar-refractivity contribution in [3.63, 3.8) is 0 Å². The fraction of sp³-hybridized carbons (Fsp3) is 0.118. The van der Waals surface area contributed by atoms with Crippen LogP contribution in [0, 0.1) is 13.8 Å². The highest BCUT2D eigenvalue weighted by molar-refractivity contribution is 5.92. The van der Waals surface area contributed by atoms with Gasteiger partial charge in [0.15, 0.2) is 17.4 Å². The number of amides is 1. The first-order chi connectivity index (χ1) is 12.0. The van der Waals surface area contributed by atoms with Crippen LogP contribution in [0.3, 0.4) is 0 Å². The van der Waals surface area contributed by atoms with Crippen molar-refractivity contribution in [2.24, 2.45) is 0 Å². The molecule has 0 aliphatic carbocycles. The number of nitrogens with two attached hydrogens (primary N) is 1. The van der Waals surface area contributed by atoms with E-state index in [2.05, 4.69) is 32.2 Å². The Hall–Kier alpha value is -3.55. The number of carbonyl (C=O) groups excluding carboxylic acids is 1. The number of anilines is 4. The third kappa shape index (κ3) is 3.86. The summed E-state index contributed by atoms with van der Waals surface area (Å²) in [7, 11) is 0. The first-order valence-electron chi connectivity index (χ1n) is 7.58. The van der Waals surface area contributed by atoms with E-state index in [1.165, 1.54) is 12.6 Å². The highest BCUT2D eigenvalue weighted by Crippen LogP contribution is 2.26. The average molecular weight is 338 g/mol. The van der Waals surface area contributed by atoms with Crippen LogP contribution in [0.25, 0.3) is 0 Å². The lowest BCUT2D eigenvalue weighted by Crippen LogP contribution is -2.30. The monoisotopic (exact) mass is 338 g/mol. The second kappa shape index (κ2) is 6.91. The van der Waals surface area contributed by atoms with Crippen LogP contribution in [0.4, 0.5) is 23.0 Å². The van der Waals surface area contributed by atoms with Gasteiger partial charge < -0.3 is 15.5 Å². The van der Waals surface area contributed by atoms with E-state index in [4.69, 9.17) is 10.2 Å². The molecule has 0 atom stereocenters. The maximum Gasteiger partial charge on any atom is 0.305 e. The first kappa shape index (κ1) is 16.3. The first-order valence-corrected chi connectivity index (χ1v) is 7.58. The fourth-order valence-electron chi connectivity index (χ4n) is 2.36. The topological polar surface area (TPSA) is 118 Å². The number of nitrogen functional groups attached to an aromatic ring is 1. The quantitative estimate of drug-likeness (QED) is 0.528. The minimum Gasteiger partial charge on any atom is -0.459 e. The van der Waals surface area contributed by atoms with Crippen molar-refractivity contribution >= 4 is 28.9 Å². The maximum atomic E-state index is 11.9. The van der Waals surface area contributed by atoms with Gasteiger partial charge in [-0.25, -0.2) is 9.97 Å². The Balaban J connectivity index is 1.74. The number of aromatic nitrogens is 2. The van der Waals surface area contributed by atoms with E-state index >= 15 is 0 Å². The van der Waals surface area contributed by atoms with E-state index in [-0.39, 0.29) is 17.3 Å². The van der Waals surface area contributed by atoms with Crippen LogP contribution in [0.5, 0.6) is 0 Å². The molecular weight excluding hydrogens is 320 g/mol. The second-order valence-corrected chi connectivity index (χ2v) is 5.54. The molecule has 8 nitrogen and oxygen atoms in total. The van der Waals surface area contributed by atoms with Gasteiger partial charge in [0.05, 0.1) is 6.26 Å². The van der Waals surface area contributed by atoms with E-state index in [0.717, 1.165) is 16.8 Å². The number of carbonyl (C=O) groups is 1. The number of rotatable bonds is 5. The molecule has 0 fully saturated rings. The molecule has 0 saturated heterocycles. The molecule has 0 spiro atoms. The predicted molar refractivity (Wildman–Crippen MR) is 95.4 cm³/mol. The van der Waals surface area contributed by atoms with Gasteiger partial charge in [0.1, 0.15) is 12.0 Å². The van der Waals surface area contributed by atoms with E-state index in [1.807, 2.05) is 26.0 Å². The molecule has 5 N–H and O–H groups in total. The number of nitrogens with zero attached hydrogens (tertiary/aromatic N) is 2. The van der Waals surface area contributed by atoms with Crippen molar-refractivity contribution in [2.45, 2.75) is 13.8 Å². The Labute approximate surface area is 144 Å². The Morgan fingerprint density at radius 3 is 2.52 bits per heavy atom. The van der Waals surface area contributed by atoms with E-state index in [9.17, 15) is 4.79 Å². The van der Waals surface area contributed by atoms with Crippen LogP contribution in [0.1, 0.15) is 21.7 Å². The summed E-state index contributed by atoms with van der Waals surface area (Å²) < 4.78 is 5.01. The van der Waals surface area contributed by atoms with Crippen LogP contribution in [-0.4, -0.2) is 15.9 Å². The molecule has 3 rings (SSSR count). The van der Waals surface area contributed by atoms with Gasteiger partial charge in [-0.1, -0.05) is 6.07 Å². The van der Waals surface area contributed by atoms with Gasteiger partial charge >= 0.3 is 5.91 Å². The molecule has 25 heavy (non-hydrogen) atoms. The molecule has 128 valence electrons. The summed E-state index contributed by atoms with van der Waals surface area (Å²) in [4.78, 5) is 20.1. The molecule has 3 aromatic rings. The molecule has 2 aromatic heterocycles. The van der Waals surface area contributed by atoms with Gasteiger partial charge in [0.25, 0.3) is 0 Å². The Morgan fingerprint density at radius 2 is 1.84 bits per heavy atom. The zero-order valence-electron chi connectivity index (χ0n) is 13.8. The normalized spacial score (nSPS) is 10.3. The number of nitrogens with one attached hydrogen (secondary N) is 3. The summed E-state index contributed by atoms with van der Waals surface area (Å²) in [5.41, 5.74) is 14.6. The zero-order chi connectivity index (χ0) is 17.8. The van der Waals surface area contributed by atoms with E-state index in [0.29, 0.717) is 5.82 Å². The predicted octanol–water partition coefficient (Wildman–Crippen LogP) is 2.77. The lowest BCUT2D eigenvalue weighted by Gasteiger charge is -2.13. The Morgan fingerprint density at radius 1 is 1.12 bits per heavy atom. The largest absolute Gasteiger partial charge is 0.459 e. The van der Waals surface area contributed by atoms with Gasteiger partial charge in [-0.05, 0) is 49.2 Å². The van der Waals surface area contributed by atoms with E-state index in [1.54, 1.807) is 12.1 Å². The van der Waals surface area contributed by atoms with Gasteiger partial charge in [-0.15, -0.1) is 0 Å². The third-order valence-electron chi connectivity index (χ3n) is 3.41. The van der Waals surface area contributed by atoms with Gasteiger partial charge in [0, 0.05) is 5.69 Å². The second-order valence-electron chi connectivity index (χ2n) is 5.54. The number of aryl methyl sites for hydroxylation is 2. The third-order valence-corrected chi connectivity index (χ3v) is 3.41. The van der Waals surface area contributed by atoms with Crippen LogP contribution < -0.4 is 21.9 Å². The molecule has 2 heterocycles. The SMILES string of the molecule is Cc1cc(C)cc(Nc2ncnc(NNC(=O)c3ccco3)c2N)c1. The van der Waals surface area contributed by atoms with Crippen molar-refractivity contribution in [3.05, 3.63) is 59.8 Å². The standard InChI is InChI=1S/C17H18N6O2/c1-10-6-11(2)8-12(7-10)21-15-14(18)16(20-9-19-15)22-23-17(24)13-4-3-5-25-13/h3-9H,18H2,1-2H3,(H,23,24)(H2,19,20,21,22). The van der Waals surface area contributed by atoms with Crippen LogP contribution in [0.2, 0.25) is 0 Å². The Bertz CT molecular complexity index is 872. The molecule has 8 heteroatoms. The van der Waals surface area contributed by atoms with Crippen LogP contribution in [-0.2, 0) is 0 Å². The molecule has 1 aromatic carbocycles. The van der Waals surface area contributed by atoms with Crippen molar-refractivity contribution in [2.75, 3.05) is 16.5 Å². The van der Waals surface area contributed by atoms with Crippen molar-refractivity contribution in [1.82, 2.24) is 15.4 Å². The Kier molecular flexibility index (Phi) is 4.51. The summed E-state index contributed by atoms with van der Waals surface area (Å²) in [5.74, 6) is 0.456. The summed E-state index contributed by atoms with van der Waals surface area (Å²) in [6.45, 7) is 4.03. The van der Waals surface area contributed by atoms with Gasteiger partial charge in [-0.2, -0.15) is 0 Å². The van der Waals surface area contributed by atoms with Crippen LogP contribution >= 0.6 is 0 Å². The number of hydrogen-bond donors (Lipinski definition) is 4. The average Bonchev–Trinajstić information content (AvgIpc) is 3.09. The smallest absolute Gasteiger partial charge is 0.305 e. The number of furan rings is 1. The molecule has 0 radical (unpaired) electrons. The lowest BCUT2D eigenvalue weighted by atomic mass is 10.1. The molecule has 0 saturated carbocycles. The molecule has 1 amide bonds. The zero-order valence-corrected chi connectivity index (χ0v) is 13.8. The van der Waals surface area contributed by atoms with Gasteiger partial charge in [-0.3, -0.25) is 15.6 Å². The molecule has 0 unspecified atom stereocenters. The highest BCUT2D eigenvalue weighted by Gasteiger charge is 2.12. The van der Waals surface area contributed by atoms with Gasteiger partial charge in [0.2, 0.25) is 0 Å². The highest BCUT2D eigenvalue weighted by atomic mass is 16.3. The number of hydrogen-bond acceptors (Lipinski definition) is 7. The van der Waals surface area contributed by atoms with Crippen LogP contribution in [0.15, 0.2) is 47.3 Å². The summed E-state index contributed by atoms with van der Waals surface area (Å²) >= 11 is 0. The van der Waals surface area contributed by atoms with E-state index < -0.39 is 5.91 Å². The molecular formula is C17H18N6O2. The number of benzene rings is 1. The summed E-state index contributed by atoms with van der Waals surface area (Å²) in [5, 5.41) is 3.16.